The number of rotatable bonds is 5. The Bertz CT molecular complexity index is 523. The minimum absolute atomic E-state index is 0.552. The van der Waals surface area contributed by atoms with Gasteiger partial charge in [-0.1, -0.05) is 12.1 Å². The second kappa shape index (κ2) is 6.31. The molecule has 1 atom stereocenters. The molecule has 0 aliphatic heterocycles. The minimum Gasteiger partial charge on any atom is -0.456 e. The van der Waals surface area contributed by atoms with Crippen LogP contribution in [0, 0.1) is 0 Å². The second-order valence-electron chi connectivity index (χ2n) is 4.28. The molecule has 4 nitrogen and oxygen atoms in total. The number of methoxy groups -OCH3 is 1. The quantitative estimate of drug-likeness (QED) is 0.896. The molecule has 0 unspecified atom stereocenters. The van der Waals surface area contributed by atoms with Gasteiger partial charge < -0.3 is 14.6 Å². The number of hydrogen-bond acceptors (Lipinski definition) is 4. The van der Waals surface area contributed by atoms with Crippen molar-refractivity contribution in [3.8, 4) is 11.5 Å². The number of aromatic nitrogens is 1. The topological polar surface area (TPSA) is 51.6 Å². The highest BCUT2D eigenvalue weighted by Gasteiger charge is 2.03. The summed E-state index contributed by atoms with van der Waals surface area (Å²) < 4.78 is 10.8. The van der Waals surface area contributed by atoms with Crippen LogP contribution in [0.2, 0.25) is 0 Å². The number of aliphatic hydroxyl groups is 1. The van der Waals surface area contributed by atoms with Gasteiger partial charge in [0.2, 0.25) is 0 Å². The van der Waals surface area contributed by atoms with Gasteiger partial charge in [-0.05, 0) is 36.8 Å². The van der Waals surface area contributed by atoms with Crippen LogP contribution in [0.25, 0.3) is 0 Å². The van der Waals surface area contributed by atoms with E-state index in [0.717, 1.165) is 11.3 Å². The van der Waals surface area contributed by atoms with E-state index >= 15 is 0 Å². The van der Waals surface area contributed by atoms with Crippen LogP contribution in [-0.2, 0) is 11.3 Å². The molecule has 1 heterocycles. The first kappa shape index (κ1) is 13.5. The van der Waals surface area contributed by atoms with Gasteiger partial charge in [0.15, 0.2) is 0 Å². The monoisotopic (exact) mass is 259 g/mol. The van der Waals surface area contributed by atoms with E-state index in [1.165, 1.54) is 0 Å². The average molecular weight is 259 g/mol. The van der Waals surface area contributed by atoms with Gasteiger partial charge in [0, 0.05) is 7.11 Å². The van der Waals surface area contributed by atoms with Crippen LogP contribution in [-0.4, -0.2) is 17.2 Å². The number of aliphatic hydroxyl groups excluding tert-OH is 1. The van der Waals surface area contributed by atoms with E-state index in [-0.39, 0.29) is 0 Å². The zero-order valence-corrected chi connectivity index (χ0v) is 11.0. The van der Waals surface area contributed by atoms with Crippen LogP contribution < -0.4 is 4.74 Å². The van der Waals surface area contributed by atoms with Crippen molar-refractivity contribution in [3.63, 3.8) is 0 Å². The van der Waals surface area contributed by atoms with Gasteiger partial charge in [0.25, 0.3) is 0 Å². The summed E-state index contributed by atoms with van der Waals surface area (Å²) in [6.07, 6.45) is 1.03. The molecule has 0 radical (unpaired) electrons. The molecule has 2 aromatic rings. The first-order chi connectivity index (χ1) is 9.19. The van der Waals surface area contributed by atoms with Crippen molar-refractivity contribution in [1.82, 2.24) is 4.98 Å². The Hall–Kier alpha value is -1.91. The number of benzene rings is 1. The molecule has 1 aromatic carbocycles. The molecule has 0 saturated heterocycles. The number of nitrogens with zero attached hydrogens (tertiary/aromatic N) is 1. The van der Waals surface area contributed by atoms with E-state index in [2.05, 4.69) is 4.98 Å². The Labute approximate surface area is 112 Å². The zero-order valence-electron chi connectivity index (χ0n) is 11.0. The molecule has 2 rings (SSSR count). The first-order valence-corrected chi connectivity index (χ1v) is 6.09. The van der Waals surface area contributed by atoms with Gasteiger partial charge in [0.05, 0.1) is 24.6 Å². The van der Waals surface area contributed by atoms with Crippen LogP contribution in [0.4, 0.5) is 0 Å². The molecular weight excluding hydrogens is 242 g/mol. The molecule has 1 N–H and O–H groups in total. The van der Waals surface area contributed by atoms with E-state index in [1.54, 1.807) is 32.4 Å². The standard InChI is InChI=1S/C15H17NO3/c1-11(17)15-7-6-14(9-16-15)19-13-5-3-4-12(8-13)10-18-2/h3-9,11,17H,10H2,1-2H3/t11-/m0/s1. The summed E-state index contributed by atoms with van der Waals surface area (Å²) in [6.45, 7) is 2.23. The van der Waals surface area contributed by atoms with Crippen molar-refractivity contribution in [3.05, 3.63) is 53.9 Å². The third-order valence-electron chi connectivity index (χ3n) is 2.63. The third-order valence-corrected chi connectivity index (χ3v) is 2.63. The van der Waals surface area contributed by atoms with Crippen LogP contribution in [0.5, 0.6) is 11.5 Å². The van der Waals surface area contributed by atoms with Crippen molar-refractivity contribution in [1.29, 1.82) is 0 Å². The molecule has 1 aromatic heterocycles. The lowest BCUT2D eigenvalue weighted by atomic mass is 10.2. The molecule has 0 aliphatic rings. The van der Waals surface area contributed by atoms with Crippen LogP contribution in [0.3, 0.4) is 0 Å². The van der Waals surface area contributed by atoms with Gasteiger partial charge in [0.1, 0.15) is 11.5 Å². The van der Waals surface area contributed by atoms with Crippen LogP contribution in [0.1, 0.15) is 24.3 Å². The van der Waals surface area contributed by atoms with Crippen molar-refractivity contribution in [2.75, 3.05) is 7.11 Å². The van der Waals surface area contributed by atoms with E-state index in [9.17, 15) is 5.11 Å². The number of ether oxygens (including phenoxy) is 2. The predicted molar refractivity (Wildman–Crippen MR) is 72.1 cm³/mol. The molecule has 0 spiro atoms. The Kier molecular flexibility index (Phi) is 4.49. The fourth-order valence-electron chi connectivity index (χ4n) is 1.70. The molecule has 0 saturated carbocycles. The maximum Gasteiger partial charge on any atom is 0.145 e. The first-order valence-electron chi connectivity index (χ1n) is 6.09. The summed E-state index contributed by atoms with van der Waals surface area (Å²) in [7, 11) is 1.66. The SMILES string of the molecule is COCc1cccc(Oc2ccc([C@H](C)O)nc2)c1. The van der Waals surface area contributed by atoms with Crippen LogP contribution in [0.15, 0.2) is 42.6 Å². The smallest absolute Gasteiger partial charge is 0.145 e. The van der Waals surface area contributed by atoms with E-state index in [4.69, 9.17) is 9.47 Å². The lowest BCUT2D eigenvalue weighted by molar-refractivity contribution is 0.184. The molecule has 0 amide bonds. The molecule has 19 heavy (non-hydrogen) atoms. The molecule has 0 aliphatic carbocycles. The Morgan fingerprint density at radius 1 is 1.21 bits per heavy atom. The molecular formula is C15H17NO3. The summed E-state index contributed by atoms with van der Waals surface area (Å²) >= 11 is 0. The number of pyridine rings is 1. The van der Waals surface area contributed by atoms with Crippen molar-refractivity contribution in [2.45, 2.75) is 19.6 Å². The Morgan fingerprint density at radius 3 is 2.68 bits per heavy atom. The van der Waals surface area contributed by atoms with Crippen molar-refractivity contribution >= 4 is 0 Å². The summed E-state index contributed by atoms with van der Waals surface area (Å²) in [4.78, 5) is 4.13. The number of hydrogen-bond donors (Lipinski definition) is 1. The lowest BCUT2D eigenvalue weighted by Gasteiger charge is -2.08. The molecule has 0 bridgehead atoms. The maximum absolute atomic E-state index is 9.38. The van der Waals surface area contributed by atoms with Gasteiger partial charge in [-0.15, -0.1) is 0 Å². The highest BCUT2D eigenvalue weighted by molar-refractivity contribution is 5.33. The summed E-state index contributed by atoms with van der Waals surface area (Å²) in [5, 5.41) is 9.38. The second-order valence-corrected chi connectivity index (χ2v) is 4.28. The molecule has 100 valence electrons. The van der Waals surface area contributed by atoms with Gasteiger partial charge in [-0.3, -0.25) is 4.98 Å². The molecule has 4 heteroatoms. The van der Waals surface area contributed by atoms with E-state index < -0.39 is 6.10 Å². The Balaban J connectivity index is 2.10. The van der Waals surface area contributed by atoms with Crippen molar-refractivity contribution in [2.24, 2.45) is 0 Å². The highest BCUT2D eigenvalue weighted by Crippen LogP contribution is 2.22. The predicted octanol–water partition coefficient (Wildman–Crippen LogP) is 3.07. The maximum atomic E-state index is 9.38. The minimum atomic E-state index is -0.570. The van der Waals surface area contributed by atoms with E-state index in [0.29, 0.717) is 18.1 Å². The average Bonchev–Trinajstić information content (AvgIpc) is 2.40. The zero-order chi connectivity index (χ0) is 13.7. The fourth-order valence-corrected chi connectivity index (χ4v) is 1.70. The summed E-state index contributed by atoms with van der Waals surface area (Å²) in [5.74, 6) is 1.38. The highest BCUT2D eigenvalue weighted by atomic mass is 16.5. The van der Waals surface area contributed by atoms with Gasteiger partial charge in [-0.2, -0.15) is 0 Å². The Morgan fingerprint density at radius 2 is 2.05 bits per heavy atom. The summed E-state index contributed by atoms with van der Waals surface area (Å²) in [5.41, 5.74) is 1.68. The van der Waals surface area contributed by atoms with Crippen molar-refractivity contribution < 1.29 is 14.6 Å². The molecule has 0 fully saturated rings. The van der Waals surface area contributed by atoms with Gasteiger partial charge >= 0.3 is 0 Å². The largest absolute Gasteiger partial charge is 0.456 e. The summed E-state index contributed by atoms with van der Waals surface area (Å²) in [6, 6.07) is 11.2. The lowest BCUT2D eigenvalue weighted by Crippen LogP contribution is -1.95. The normalized spacial score (nSPS) is 12.2. The van der Waals surface area contributed by atoms with Gasteiger partial charge in [-0.25, -0.2) is 0 Å². The third kappa shape index (κ3) is 3.77. The van der Waals surface area contributed by atoms with E-state index in [1.807, 2.05) is 24.3 Å². The fraction of sp³-hybridized carbons (Fsp3) is 0.267. The van der Waals surface area contributed by atoms with Crippen LogP contribution >= 0.6 is 0 Å².